The lowest BCUT2D eigenvalue weighted by Crippen LogP contribution is -2.21. The molecular formula is C11H18N5O5P. The number of methoxy groups -OCH3 is 1. The first-order valence-corrected chi connectivity index (χ1v) is 7.89. The van der Waals surface area contributed by atoms with E-state index in [9.17, 15) is 9.46 Å². The Morgan fingerprint density at radius 2 is 2.14 bits per heavy atom. The Morgan fingerprint density at radius 1 is 1.36 bits per heavy atom. The van der Waals surface area contributed by atoms with Crippen molar-refractivity contribution in [1.82, 2.24) is 19.5 Å². The summed E-state index contributed by atoms with van der Waals surface area (Å²) < 4.78 is 27.5. The molecule has 0 saturated carbocycles. The molecule has 2 atom stereocenters. The summed E-state index contributed by atoms with van der Waals surface area (Å²) in [5, 5.41) is 0. The Hall–Kier alpha value is -1.58. The zero-order chi connectivity index (χ0) is 16.2. The lowest BCUT2D eigenvalue weighted by atomic mass is 10.2. The highest BCUT2D eigenvalue weighted by Gasteiger charge is 2.22. The number of nitrogen functional groups attached to an aromatic ring is 1. The van der Waals surface area contributed by atoms with E-state index in [4.69, 9.17) is 15.0 Å². The summed E-state index contributed by atoms with van der Waals surface area (Å²) in [5.74, 6) is 0.0942. The van der Waals surface area contributed by atoms with E-state index < -0.39 is 7.82 Å². The van der Waals surface area contributed by atoms with Crippen LogP contribution in [0.3, 0.4) is 0 Å². The van der Waals surface area contributed by atoms with Crippen molar-refractivity contribution >= 4 is 24.8 Å². The molecule has 0 aromatic carbocycles. The number of anilines is 1. The molecule has 2 rings (SSSR count). The molecule has 0 saturated heterocycles. The standard InChI is InChI=1S/C11H18N5O5P/c1-19-4-8(5-21-22(17,18)20-2)3-16-7-15-9-10(12)13-6-14-11(9)16/h6-8H,3-5H2,1-2H3,(H,17,18)(H2,12,13,14)/t8-/m1/s1. The molecular weight excluding hydrogens is 313 g/mol. The molecule has 0 bridgehead atoms. The first-order chi connectivity index (χ1) is 10.5. The van der Waals surface area contributed by atoms with Gasteiger partial charge in [-0.3, -0.25) is 9.05 Å². The molecule has 0 aliphatic carbocycles. The average molecular weight is 331 g/mol. The van der Waals surface area contributed by atoms with Gasteiger partial charge in [0.15, 0.2) is 11.5 Å². The van der Waals surface area contributed by atoms with Gasteiger partial charge in [0.2, 0.25) is 0 Å². The average Bonchev–Trinajstić information content (AvgIpc) is 2.90. The number of rotatable bonds is 8. The Kier molecular flexibility index (Phi) is 5.43. The number of imidazole rings is 1. The molecule has 122 valence electrons. The van der Waals surface area contributed by atoms with E-state index in [1.54, 1.807) is 10.9 Å². The molecule has 2 heterocycles. The molecule has 22 heavy (non-hydrogen) atoms. The van der Waals surface area contributed by atoms with Crippen molar-refractivity contribution in [1.29, 1.82) is 0 Å². The van der Waals surface area contributed by atoms with E-state index in [2.05, 4.69) is 19.5 Å². The zero-order valence-electron chi connectivity index (χ0n) is 12.2. The van der Waals surface area contributed by atoms with Crippen molar-refractivity contribution in [3.63, 3.8) is 0 Å². The summed E-state index contributed by atoms with van der Waals surface area (Å²) in [6, 6.07) is 0. The van der Waals surface area contributed by atoms with Gasteiger partial charge in [-0.15, -0.1) is 0 Å². The van der Waals surface area contributed by atoms with Crippen LogP contribution in [0.25, 0.3) is 11.2 Å². The van der Waals surface area contributed by atoms with Gasteiger partial charge in [-0.1, -0.05) is 0 Å². The number of nitrogens with two attached hydrogens (primary N) is 1. The minimum Gasteiger partial charge on any atom is -0.384 e. The molecule has 0 fully saturated rings. The van der Waals surface area contributed by atoms with Crippen molar-refractivity contribution in [2.24, 2.45) is 5.92 Å². The van der Waals surface area contributed by atoms with Crippen molar-refractivity contribution in [2.45, 2.75) is 6.54 Å². The molecule has 11 heteroatoms. The second-order valence-corrected chi connectivity index (χ2v) is 6.16. The first kappa shape index (κ1) is 16.8. The van der Waals surface area contributed by atoms with Crippen LogP contribution >= 0.6 is 7.82 Å². The second kappa shape index (κ2) is 7.12. The lowest BCUT2D eigenvalue weighted by molar-refractivity contribution is 0.0881. The molecule has 0 aliphatic rings. The topological polar surface area (TPSA) is 135 Å². The lowest BCUT2D eigenvalue weighted by Gasteiger charge is -2.18. The highest BCUT2D eigenvalue weighted by molar-refractivity contribution is 7.47. The SMILES string of the molecule is COC[C@H](COP(=O)(O)OC)Cn1cnc2c(N)ncnc21. The summed E-state index contributed by atoms with van der Waals surface area (Å²) in [6.07, 6.45) is 2.93. The van der Waals surface area contributed by atoms with Crippen LogP contribution in [0.2, 0.25) is 0 Å². The van der Waals surface area contributed by atoms with E-state index in [1.807, 2.05) is 0 Å². The van der Waals surface area contributed by atoms with Gasteiger partial charge in [-0.25, -0.2) is 19.5 Å². The number of phosphoric ester groups is 1. The Labute approximate surface area is 126 Å². The molecule has 0 aliphatic heterocycles. The summed E-state index contributed by atoms with van der Waals surface area (Å²) in [4.78, 5) is 21.5. The van der Waals surface area contributed by atoms with Gasteiger partial charge in [0.25, 0.3) is 0 Å². The van der Waals surface area contributed by atoms with Gasteiger partial charge < -0.3 is 19.9 Å². The number of phosphoric acid groups is 1. The number of nitrogens with zero attached hydrogens (tertiary/aromatic N) is 4. The smallest absolute Gasteiger partial charge is 0.384 e. The summed E-state index contributed by atoms with van der Waals surface area (Å²) in [5.41, 5.74) is 6.81. The van der Waals surface area contributed by atoms with Crippen molar-refractivity contribution in [3.05, 3.63) is 12.7 Å². The summed E-state index contributed by atoms with van der Waals surface area (Å²) in [6.45, 7) is 0.726. The highest BCUT2D eigenvalue weighted by Crippen LogP contribution is 2.42. The first-order valence-electron chi connectivity index (χ1n) is 6.40. The van der Waals surface area contributed by atoms with Crippen molar-refractivity contribution in [2.75, 3.05) is 33.2 Å². The largest absolute Gasteiger partial charge is 0.471 e. The third kappa shape index (κ3) is 3.99. The van der Waals surface area contributed by atoms with Crippen LogP contribution in [0.1, 0.15) is 0 Å². The predicted molar refractivity (Wildman–Crippen MR) is 77.9 cm³/mol. The van der Waals surface area contributed by atoms with Gasteiger partial charge in [0.1, 0.15) is 11.8 Å². The molecule has 0 radical (unpaired) electrons. The molecule has 0 spiro atoms. The number of fused-ring (bicyclic) bond motifs is 1. The minimum absolute atomic E-state index is 0.0182. The maximum atomic E-state index is 11.4. The predicted octanol–water partition coefficient (Wildman–Crippen LogP) is 0.434. The second-order valence-electron chi connectivity index (χ2n) is 4.60. The van der Waals surface area contributed by atoms with Gasteiger partial charge in [0.05, 0.1) is 19.5 Å². The summed E-state index contributed by atoms with van der Waals surface area (Å²) in [7, 11) is -1.38. The minimum atomic E-state index is -4.02. The van der Waals surface area contributed by atoms with E-state index in [0.29, 0.717) is 30.1 Å². The van der Waals surface area contributed by atoms with E-state index in [0.717, 1.165) is 7.11 Å². The molecule has 10 nitrogen and oxygen atoms in total. The van der Waals surface area contributed by atoms with Crippen LogP contribution in [-0.4, -0.2) is 51.8 Å². The number of hydrogen-bond donors (Lipinski definition) is 2. The van der Waals surface area contributed by atoms with Gasteiger partial charge in [0, 0.05) is 26.7 Å². The fourth-order valence-electron chi connectivity index (χ4n) is 1.95. The van der Waals surface area contributed by atoms with Crippen molar-refractivity contribution in [3.8, 4) is 0 Å². The van der Waals surface area contributed by atoms with Gasteiger partial charge in [-0.2, -0.15) is 0 Å². The van der Waals surface area contributed by atoms with Gasteiger partial charge in [-0.05, 0) is 0 Å². The molecule has 3 N–H and O–H groups in total. The number of hydrogen-bond acceptors (Lipinski definition) is 8. The van der Waals surface area contributed by atoms with Crippen molar-refractivity contribution < 1.29 is 23.2 Å². The van der Waals surface area contributed by atoms with Crippen LogP contribution in [0.5, 0.6) is 0 Å². The monoisotopic (exact) mass is 331 g/mol. The maximum Gasteiger partial charge on any atom is 0.471 e. The highest BCUT2D eigenvalue weighted by atomic mass is 31.2. The zero-order valence-corrected chi connectivity index (χ0v) is 13.1. The van der Waals surface area contributed by atoms with E-state index in [-0.39, 0.29) is 12.5 Å². The number of ether oxygens (including phenoxy) is 1. The molecule has 2 aromatic heterocycles. The summed E-state index contributed by atoms with van der Waals surface area (Å²) >= 11 is 0. The van der Waals surface area contributed by atoms with Gasteiger partial charge >= 0.3 is 7.82 Å². The van der Waals surface area contributed by atoms with E-state index >= 15 is 0 Å². The van der Waals surface area contributed by atoms with Crippen LogP contribution in [0.4, 0.5) is 5.82 Å². The van der Waals surface area contributed by atoms with Crippen LogP contribution in [0, 0.1) is 5.92 Å². The normalized spacial score (nSPS) is 15.8. The van der Waals surface area contributed by atoms with Crippen LogP contribution in [-0.2, 0) is 24.9 Å². The molecule has 0 amide bonds. The fourth-order valence-corrected chi connectivity index (χ4v) is 2.46. The fraction of sp³-hybridized carbons (Fsp3) is 0.545. The third-order valence-electron chi connectivity index (χ3n) is 2.99. The number of aromatic nitrogens is 4. The van der Waals surface area contributed by atoms with Crippen LogP contribution in [0.15, 0.2) is 12.7 Å². The quantitative estimate of drug-likeness (QED) is 0.660. The van der Waals surface area contributed by atoms with E-state index in [1.165, 1.54) is 13.4 Å². The Morgan fingerprint density at radius 3 is 2.82 bits per heavy atom. The Bertz CT molecular complexity index is 678. The third-order valence-corrected chi connectivity index (χ3v) is 3.93. The van der Waals surface area contributed by atoms with Crippen LogP contribution < -0.4 is 5.73 Å². The molecule has 1 unspecified atom stereocenters. The molecule has 2 aromatic rings. The maximum absolute atomic E-state index is 11.4. The Balaban J connectivity index is 2.12.